The summed E-state index contributed by atoms with van der Waals surface area (Å²) in [5.74, 6) is -0.0557. The van der Waals surface area contributed by atoms with Crippen molar-refractivity contribution in [3.63, 3.8) is 0 Å². The van der Waals surface area contributed by atoms with Gasteiger partial charge in [0.25, 0.3) is 0 Å². The van der Waals surface area contributed by atoms with Crippen LogP contribution in [0.4, 0.5) is 4.79 Å². The van der Waals surface area contributed by atoms with Gasteiger partial charge in [-0.3, -0.25) is 9.48 Å². The zero-order valence-electron chi connectivity index (χ0n) is 14.3. The molecule has 1 aliphatic heterocycles. The molecule has 0 aliphatic carbocycles. The van der Waals surface area contributed by atoms with Crippen molar-refractivity contribution >= 4 is 11.9 Å². The van der Waals surface area contributed by atoms with Crippen LogP contribution in [0.5, 0.6) is 0 Å². The molecule has 1 aromatic carbocycles. The van der Waals surface area contributed by atoms with E-state index in [9.17, 15) is 9.59 Å². The smallest absolute Gasteiger partial charge is 0.317 e. The van der Waals surface area contributed by atoms with Crippen LogP contribution >= 0.6 is 0 Å². The number of hydrogen-bond donors (Lipinski definition) is 2. The highest BCUT2D eigenvalue weighted by Crippen LogP contribution is 2.12. The molecule has 2 heterocycles. The average molecular weight is 341 g/mol. The molecule has 7 nitrogen and oxygen atoms in total. The summed E-state index contributed by atoms with van der Waals surface area (Å²) in [4.78, 5) is 25.2. The number of aromatic nitrogens is 2. The first-order valence-corrected chi connectivity index (χ1v) is 8.46. The Kier molecular flexibility index (Phi) is 5.33. The minimum atomic E-state index is -0.0956. The molecule has 0 bridgehead atoms. The number of rotatable bonds is 5. The zero-order valence-corrected chi connectivity index (χ0v) is 14.3. The number of nitrogens with zero attached hydrogens (tertiary/aromatic N) is 3. The van der Waals surface area contributed by atoms with Gasteiger partial charge >= 0.3 is 6.03 Å². The monoisotopic (exact) mass is 341 g/mol. The maximum atomic E-state index is 12.4. The summed E-state index contributed by atoms with van der Waals surface area (Å²) in [6.07, 6.45) is 4.47. The molecular weight excluding hydrogens is 318 g/mol. The van der Waals surface area contributed by atoms with Gasteiger partial charge in [-0.15, -0.1) is 0 Å². The van der Waals surface area contributed by atoms with Gasteiger partial charge in [0.2, 0.25) is 5.91 Å². The van der Waals surface area contributed by atoms with Crippen molar-refractivity contribution in [1.82, 2.24) is 25.3 Å². The van der Waals surface area contributed by atoms with Crippen LogP contribution in [0.1, 0.15) is 24.5 Å². The van der Waals surface area contributed by atoms with E-state index < -0.39 is 0 Å². The van der Waals surface area contributed by atoms with Crippen LogP contribution in [-0.4, -0.2) is 45.8 Å². The topological polar surface area (TPSA) is 79.3 Å². The predicted molar refractivity (Wildman–Crippen MR) is 93.8 cm³/mol. The summed E-state index contributed by atoms with van der Waals surface area (Å²) < 4.78 is 1.86. The number of urea groups is 1. The summed E-state index contributed by atoms with van der Waals surface area (Å²) in [6, 6.07) is 9.87. The summed E-state index contributed by atoms with van der Waals surface area (Å²) in [5.41, 5.74) is 2.20. The second-order valence-electron chi connectivity index (χ2n) is 6.26. The molecule has 2 N–H and O–H groups in total. The van der Waals surface area contributed by atoms with Crippen molar-refractivity contribution in [2.75, 3.05) is 13.1 Å². The Bertz CT molecular complexity index is 729. The maximum Gasteiger partial charge on any atom is 0.317 e. The van der Waals surface area contributed by atoms with Gasteiger partial charge in [-0.2, -0.15) is 5.10 Å². The number of benzene rings is 1. The van der Waals surface area contributed by atoms with Gasteiger partial charge in [0.15, 0.2) is 0 Å². The number of carbonyl (C=O) groups is 2. The van der Waals surface area contributed by atoms with E-state index in [0.29, 0.717) is 26.2 Å². The van der Waals surface area contributed by atoms with Gasteiger partial charge in [-0.05, 0) is 23.6 Å². The number of nitrogens with one attached hydrogen (secondary N) is 2. The lowest BCUT2D eigenvalue weighted by Gasteiger charge is -2.18. The molecule has 7 heteroatoms. The van der Waals surface area contributed by atoms with Crippen LogP contribution in [0.3, 0.4) is 0 Å². The molecule has 25 heavy (non-hydrogen) atoms. The average Bonchev–Trinajstić information content (AvgIpc) is 3.25. The molecule has 2 aromatic rings. The van der Waals surface area contributed by atoms with Crippen LogP contribution < -0.4 is 10.6 Å². The molecule has 0 unspecified atom stereocenters. The van der Waals surface area contributed by atoms with E-state index in [1.54, 1.807) is 11.1 Å². The fraction of sp³-hybridized carbons (Fsp3) is 0.389. The Morgan fingerprint density at radius 2 is 2.04 bits per heavy atom. The van der Waals surface area contributed by atoms with E-state index in [4.69, 9.17) is 0 Å². The Hall–Kier alpha value is -2.83. The molecule has 1 aromatic heterocycles. The van der Waals surface area contributed by atoms with Crippen LogP contribution in [0.25, 0.3) is 0 Å². The summed E-state index contributed by atoms with van der Waals surface area (Å²) >= 11 is 0. The SMILES string of the molecule is CC(=O)N[C@@H]1CCN(C(=O)NCc2ccccc2Cn2cccn2)C1. The summed E-state index contributed by atoms with van der Waals surface area (Å²) in [5, 5.41) is 10.1. The van der Waals surface area contributed by atoms with Crippen LogP contribution in [0.15, 0.2) is 42.7 Å². The fourth-order valence-corrected chi connectivity index (χ4v) is 3.09. The highest BCUT2D eigenvalue weighted by atomic mass is 16.2. The first kappa shape index (κ1) is 17.0. The third-order valence-electron chi connectivity index (χ3n) is 4.32. The number of hydrogen-bond acceptors (Lipinski definition) is 3. The van der Waals surface area contributed by atoms with Gasteiger partial charge in [-0.25, -0.2) is 4.79 Å². The lowest BCUT2D eigenvalue weighted by molar-refractivity contribution is -0.119. The van der Waals surface area contributed by atoms with Crippen molar-refractivity contribution in [2.24, 2.45) is 0 Å². The molecule has 1 saturated heterocycles. The molecule has 3 rings (SSSR count). The number of amides is 3. The Balaban J connectivity index is 1.55. The van der Waals surface area contributed by atoms with E-state index in [-0.39, 0.29) is 18.0 Å². The third kappa shape index (κ3) is 4.59. The Morgan fingerprint density at radius 1 is 1.24 bits per heavy atom. The van der Waals surface area contributed by atoms with Gasteiger partial charge in [0, 0.05) is 45.0 Å². The van der Waals surface area contributed by atoms with Crippen molar-refractivity contribution in [2.45, 2.75) is 32.5 Å². The van der Waals surface area contributed by atoms with E-state index >= 15 is 0 Å². The summed E-state index contributed by atoms with van der Waals surface area (Å²) in [6.45, 7) is 3.86. The second-order valence-corrected chi connectivity index (χ2v) is 6.26. The Labute approximate surface area is 147 Å². The van der Waals surface area contributed by atoms with E-state index in [1.165, 1.54) is 6.92 Å². The fourth-order valence-electron chi connectivity index (χ4n) is 3.09. The number of carbonyl (C=O) groups excluding carboxylic acids is 2. The van der Waals surface area contributed by atoms with Crippen LogP contribution in [0.2, 0.25) is 0 Å². The highest BCUT2D eigenvalue weighted by molar-refractivity contribution is 5.75. The predicted octanol–water partition coefficient (Wildman–Crippen LogP) is 1.35. The summed E-state index contributed by atoms with van der Waals surface area (Å²) in [7, 11) is 0. The van der Waals surface area contributed by atoms with Crippen molar-refractivity contribution in [3.8, 4) is 0 Å². The van der Waals surface area contributed by atoms with Gasteiger partial charge < -0.3 is 15.5 Å². The molecule has 1 atom stereocenters. The van der Waals surface area contributed by atoms with Crippen molar-refractivity contribution in [3.05, 3.63) is 53.9 Å². The third-order valence-corrected chi connectivity index (χ3v) is 4.32. The van der Waals surface area contributed by atoms with E-state index in [1.807, 2.05) is 41.2 Å². The standard InChI is InChI=1S/C18H23N5O2/c1-14(24)21-17-7-10-22(13-17)18(25)19-11-15-5-2-3-6-16(15)12-23-9-4-8-20-23/h2-6,8-9,17H,7,10-13H2,1H3,(H,19,25)(H,21,24)/t17-/m1/s1. The molecule has 3 amide bonds. The van der Waals surface area contributed by atoms with Gasteiger partial charge in [-0.1, -0.05) is 24.3 Å². The van der Waals surface area contributed by atoms with Gasteiger partial charge in [0.1, 0.15) is 0 Å². The Morgan fingerprint density at radius 3 is 2.76 bits per heavy atom. The van der Waals surface area contributed by atoms with Crippen molar-refractivity contribution < 1.29 is 9.59 Å². The first-order valence-electron chi connectivity index (χ1n) is 8.46. The van der Waals surface area contributed by atoms with E-state index in [2.05, 4.69) is 15.7 Å². The highest BCUT2D eigenvalue weighted by Gasteiger charge is 2.26. The molecule has 1 fully saturated rings. The lowest BCUT2D eigenvalue weighted by atomic mass is 10.1. The molecule has 0 saturated carbocycles. The zero-order chi connectivity index (χ0) is 17.6. The quantitative estimate of drug-likeness (QED) is 0.862. The van der Waals surface area contributed by atoms with Crippen LogP contribution in [-0.2, 0) is 17.9 Å². The van der Waals surface area contributed by atoms with Crippen LogP contribution in [0, 0.1) is 0 Å². The lowest BCUT2D eigenvalue weighted by Crippen LogP contribution is -2.41. The number of likely N-dealkylation sites (tertiary alicyclic amines) is 1. The normalized spacial score (nSPS) is 16.7. The van der Waals surface area contributed by atoms with Crippen molar-refractivity contribution in [1.29, 1.82) is 0 Å². The molecule has 0 spiro atoms. The van der Waals surface area contributed by atoms with Gasteiger partial charge in [0.05, 0.1) is 6.54 Å². The minimum absolute atomic E-state index is 0.0513. The second kappa shape index (κ2) is 7.83. The molecule has 0 radical (unpaired) electrons. The first-order chi connectivity index (χ1) is 12.1. The largest absolute Gasteiger partial charge is 0.352 e. The molecular formula is C18H23N5O2. The molecule has 1 aliphatic rings. The molecule has 132 valence electrons. The van der Waals surface area contributed by atoms with E-state index in [0.717, 1.165) is 17.5 Å². The maximum absolute atomic E-state index is 12.4. The minimum Gasteiger partial charge on any atom is -0.352 e.